The highest BCUT2D eigenvalue weighted by atomic mass is 19.4. The monoisotopic (exact) mass is 313 g/mol. The van der Waals surface area contributed by atoms with Crippen LogP contribution in [0.1, 0.15) is 17.5 Å². The Morgan fingerprint density at radius 3 is 2.73 bits per heavy atom. The standard InChI is InChI=1S/C14H14F3N3O2/c1-20-8-9(7-18-20)2-5-13(22)19-11-6-10(14(15,16)17)3-4-12(11)21/h3-4,6-8,21H,2,5H2,1H3,(H,19,22). The van der Waals surface area contributed by atoms with E-state index < -0.39 is 23.4 Å². The number of rotatable bonds is 4. The molecule has 8 heteroatoms. The number of hydrogen-bond donors (Lipinski definition) is 2. The molecule has 1 aromatic heterocycles. The summed E-state index contributed by atoms with van der Waals surface area (Å²) in [5, 5.41) is 15.8. The van der Waals surface area contributed by atoms with Crippen molar-refractivity contribution in [1.82, 2.24) is 9.78 Å². The smallest absolute Gasteiger partial charge is 0.416 e. The zero-order chi connectivity index (χ0) is 16.3. The molecule has 0 bridgehead atoms. The Kier molecular flexibility index (Phi) is 4.39. The number of aromatic hydroxyl groups is 1. The molecule has 0 saturated heterocycles. The molecular weight excluding hydrogens is 299 g/mol. The van der Waals surface area contributed by atoms with Crippen LogP contribution in [0.4, 0.5) is 18.9 Å². The first kappa shape index (κ1) is 15.9. The Morgan fingerprint density at radius 1 is 1.41 bits per heavy atom. The summed E-state index contributed by atoms with van der Waals surface area (Å²) in [6, 6.07) is 2.36. The third-order valence-corrected chi connectivity index (χ3v) is 3.00. The molecular formula is C14H14F3N3O2. The Hall–Kier alpha value is -2.51. The second-order valence-corrected chi connectivity index (χ2v) is 4.80. The number of alkyl halides is 3. The summed E-state index contributed by atoms with van der Waals surface area (Å²) in [5.41, 5.74) is -0.357. The highest BCUT2D eigenvalue weighted by molar-refractivity contribution is 5.92. The van der Waals surface area contributed by atoms with Crippen molar-refractivity contribution in [3.63, 3.8) is 0 Å². The summed E-state index contributed by atoms with van der Waals surface area (Å²) in [5.74, 6) is -0.902. The van der Waals surface area contributed by atoms with E-state index in [2.05, 4.69) is 10.4 Å². The second kappa shape index (κ2) is 6.08. The molecule has 1 heterocycles. The topological polar surface area (TPSA) is 67.2 Å². The van der Waals surface area contributed by atoms with Gasteiger partial charge in [0, 0.05) is 19.7 Å². The lowest BCUT2D eigenvalue weighted by Crippen LogP contribution is -2.13. The molecule has 0 spiro atoms. The lowest BCUT2D eigenvalue weighted by molar-refractivity contribution is -0.137. The van der Waals surface area contributed by atoms with Crippen molar-refractivity contribution < 1.29 is 23.1 Å². The Bertz CT molecular complexity index is 680. The summed E-state index contributed by atoms with van der Waals surface area (Å²) in [6.45, 7) is 0. The van der Waals surface area contributed by atoms with Gasteiger partial charge in [-0.2, -0.15) is 18.3 Å². The van der Waals surface area contributed by atoms with Crippen molar-refractivity contribution in [3.8, 4) is 5.75 Å². The number of phenols is 1. The minimum atomic E-state index is -4.54. The number of aryl methyl sites for hydroxylation is 2. The number of nitrogens with zero attached hydrogens (tertiary/aromatic N) is 2. The van der Waals surface area contributed by atoms with E-state index in [0.717, 1.165) is 17.7 Å². The van der Waals surface area contributed by atoms with Gasteiger partial charge in [-0.1, -0.05) is 0 Å². The summed E-state index contributed by atoms with van der Waals surface area (Å²) in [7, 11) is 1.74. The van der Waals surface area contributed by atoms with Gasteiger partial charge in [0.15, 0.2) is 0 Å². The third kappa shape index (κ3) is 4.00. The lowest BCUT2D eigenvalue weighted by atomic mass is 10.1. The van der Waals surface area contributed by atoms with Crippen LogP contribution in [0.5, 0.6) is 5.75 Å². The van der Waals surface area contributed by atoms with Crippen molar-refractivity contribution in [1.29, 1.82) is 0 Å². The molecule has 1 aromatic carbocycles. The molecule has 22 heavy (non-hydrogen) atoms. The zero-order valence-electron chi connectivity index (χ0n) is 11.7. The quantitative estimate of drug-likeness (QED) is 0.853. The fourth-order valence-corrected chi connectivity index (χ4v) is 1.88. The first-order valence-corrected chi connectivity index (χ1v) is 6.43. The molecule has 0 aliphatic heterocycles. The number of nitrogens with one attached hydrogen (secondary N) is 1. The van der Waals surface area contributed by atoms with Crippen LogP contribution in [-0.4, -0.2) is 20.8 Å². The van der Waals surface area contributed by atoms with E-state index >= 15 is 0 Å². The molecule has 0 saturated carbocycles. The van der Waals surface area contributed by atoms with Crippen LogP contribution >= 0.6 is 0 Å². The van der Waals surface area contributed by atoms with Crippen molar-refractivity contribution in [2.45, 2.75) is 19.0 Å². The van der Waals surface area contributed by atoms with E-state index in [-0.39, 0.29) is 12.1 Å². The van der Waals surface area contributed by atoms with Gasteiger partial charge in [0.1, 0.15) is 5.75 Å². The van der Waals surface area contributed by atoms with Crippen molar-refractivity contribution in [2.75, 3.05) is 5.32 Å². The number of amides is 1. The molecule has 5 nitrogen and oxygen atoms in total. The highest BCUT2D eigenvalue weighted by Crippen LogP contribution is 2.34. The summed E-state index contributed by atoms with van der Waals surface area (Å²) in [4.78, 5) is 11.8. The van der Waals surface area contributed by atoms with Gasteiger partial charge in [0.2, 0.25) is 5.91 Å². The van der Waals surface area contributed by atoms with E-state index in [9.17, 15) is 23.1 Å². The predicted octanol–water partition coefficient (Wildman–Crippen LogP) is 2.72. The van der Waals surface area contributed by atoms with Gasteiger partial charge < -0.3 is 10.4 Å². The summed E-state index contributed by atoms with van der Waals surface area (Å²) >= 11 is 0. The number of carbonyl (C=O) groups excluding carboxylic acids is 1. The number of carbonyl (C=O) groups is 1. The van der Waals surface area contributed by atoms with E-state index in [1.807, 2.05) is 0 Å². The first-order valence-electron chi connectivity index (χ1n) is 6.43. The van der Waals surface area contributed by atoms with Crippen LogP contribution in [0.15, 0.2) is 30.6 Å². The minimum Gasteiger partial charge on any atom is -0.506 e. The largest absolute Gasteiger partial charge is 0.506 e. The van der Waals surface area contributed by atoms with Crippen LogP contribution in [0.3, 0.4) is 0 Å². The van der Waals surface area contributed by atoms with E-state index in [1.54, 1.807) is 24.1 Å². The first-order chi connectivity index (χ1) is 10.3. The molecule has 0 atom stereocenters. The number of hydrogen-bond acceptors (Lipinski definition) is 3. The predicted molar refractivity (Wildman–Crippen MR) is 73.3 cm³/mol. The van der Waals surface area contributed by atoms with Gasteiger partial charge in [-0.25, -0.2) is 0 Å². The highest BCUT2D eigenvalue weighted by Gasteiger charge is 2.31. The molecule has 0 aliphatic carbocycles. The molecule has 0 fully saturated rings. The average molecular weight is 313 g/mol. The molecule has 118 valence electrons. The molecule has 2 aromatic rings. The number of halogens is 3. The van der Waals surface area contributed by atoms with Gasteiger partial charge in [-0.3, -0.25) is 9.48 Å². The van der Waals surface area contributed by atoms with Crippen molar-refractivity contribution in [2.24, 2.45) is 7.05 Å². The Labute approximate surface area is 124 Å². The van der Waals surface area contributed by atoms with Gasteiger partial charge in [-0.05, 0) is 30.2 Å². The number of phenolic OH excluding ortho intramolecular Hbond substituents is 1. The SMILES string of the molecule is Cn1cc(CCC(=O)Nc2cc(C(F)(F)F)ccc2O)cn1. The van der Waals surface area contributed by atoms with E-state index in [4.69, 9.17) is 0 Å². The zero-order valence-corrected chi connectivity index (χ0v) is 11.7. The number of aromatic nitrogens is 2. The van der Waals surface area contributed by atoms with Crippen LogP contribution in [0.2, 0.25) is 0 Å². The minimum absolute atomic E-state index is 0.0708. The lowest BCUT2D eigenvalue weighted by Gasteiger charge is -2.11. The fourth-order valence-electron chi connectivity index (χ4n) is 1.88. The molecule has 0 unspecified atom stereocenters. The molecule has 2 N–H and O–H groups in total. The van der Waals surface area contributed by atoms with Crippen LogP contribution in [-0.2, 0) is 24.4 Å². The van der Waals surface area contributed by atoms with Crippen LogP contribution in [0, 0.1) is 0 Å². The second-order valence-electron chi connectivity index (χ2n) is 4.80. The van der Waals surface area contributed by atoms with Gasteiger partial charge in [0.05, 0.1) is 17.4 Å². The maximum atomic E-state index is 12.6. The molecule has 2 rings (SSSR count). The summed E-state index contributed by atoms with van der Waals surface area (Å²) in [6.07, 6.45) is -0.715. The van der Waals surface area contributed by atoms with Gasteiger partial charge in [-0.15, -0.1) is 0 Å². The van der Waals surface area contributed by atoms with Gasteiger partial charge >= 0.3 is 6.18 Å². The average Bonchev–Trinajstić information content (AvgIpc) is 2.83. The maximum Gasteiger partial charge on any atom is 0.416 e. The fraction of sp³-hybridized carbons (Fsp3) is 0.286. The Morgan fingerprint density at radius 2 is 2.14 bits per heavy atom. The van der Waals surface area contributed by atoms with Crippen LogP contribution in [0.25, 0.3) is 0 Å². The molecule has 0 radical (unpaired) electrons. The summed E-state index contributed by atoms with van der Waals surface area (Å²) < 4.78 is 39.4. The van der Waals surface area contributed by atoms with Crippen LogP contribution < -0.4 is 5.32 Å². The van der Waals surface area contributed by atoms with Crippen molar-refractivity contribution in [3.05, 3.63) is 41.7 Å². The maximum absolute atomic E-state index is 12.6. The Balaban J connectivity index is 2.01. The number of anilines is 1. The third-order valence-electron chi connectivity index (χ3n) is 3.00. The number of benzene rings is 1. The normalized spacial score (nSPS) is 11.5. The molecule has 1 amide bonds. The van der Waals surface area contributed by atoms with E-state index in [1.165, 1.54) is 0 Å². The molecule has 0 aliphatic rings. The van der Waals surface area contributed by atoms with Crippen molar-refractivity contribution >= 4 is 11.6 Å². The van der Waals surface area contributed by atoms with E-state index in [0.29, 0.717) is 12.5 Å². The van der Waals surface area contributed by atoms with Gasteiger partial charge in [0.25, 0.3) is 0 Å².